The number of carbonyl (C=O) groups excluding carboxylic acids is 1. The molecule has 0 radical (unpaired) electrons. The van der Waals surface area contributed by atoms with Crippen LogP contribution in [0.2, 0.25) is 0 Å². The Labute approximate surface area is 152 Å². The molecule has 1 aromatic carbocycles. The first-order chi connectivity index (χ1) is 12.4. The van der Waals surface area contributed by atoms with E-state index in [-0.39, 0.29) is 5.96 Å². The predicted molar refractivity (Wildman–Crippen MR) is 97.9 cm³/mol. The van der Waals surface area contributed by atoms with Crippen molar-refractivity contribution >= 4 is 11.9 Å². The molecule has 0 saturated heterocycles. The molecule has 0 aromatic heterocycles. The maximum atomic E-state index is 12.1. The number of amides is 1. The maximum absolute atomic E-state index is 12.1. The highest BCUT2D eigenvalue weighted by molar-refractivity contribution is 5.81. The van der Waals surface area contributed by atoms with E-state index >= 15 is 0 Å². The summed E-state index contributed by atoms with van der Waals surface area (Å²) in [5.74, 6) is -0.724. The third-order valence-corrected chi connectivity index (χ3v) is 3.76. The smallest absolute Gasteiger partial charge is 0.266 e. The summed E-state index contributed by atoms with van der Waals surface area (Å²) in [7, 11) is 1.65. The summed E-state index contributed by atoms with van der Waals surface area (Å²) >= 11 is 0. The first-order valence-electron chi connectivity index (χ1n) is 8.33. The number of nitro groups is 1. The van der Waals surface area contributed by atoms with E-state index < -0.39 is 23.1 Å². The molecule has 2 atom stereocenters. The third-order valence-electron chi connectivity index (χ3n) is 3.76. The van der Waals surface area contributed by atoms with Gasteiger partial charge in [-0.25, -0.2) is 10.1 Å². The molecule has 0 aliphatic rings. The summed E-state index contributed by atoms with van der Waals surface area (Å²) < 4.78 is 0. The fourth-order valence-corrected chi connectivity index (χ4v) is 2.38. The van der Waals surface area contributed by atoms with Gasteiger partial charge in [0.15, 0.2) is 5.03 Å². The largest absolute Gasteiger partial charge is 0.382 e. The van der Waals surface area contributed by atoms with Crippen LogP contribution in [0.15, 0.2) is 35.4 Å². The van der Waals surface area contributed by atoms with E-state index in [2.05, 4.69) is 21.1 Å². The minimum Gasteiger partial charge on any atom is -0.382 e. The van der Waals surface area contributed by atoms with Crippen LogP contribution in [0.4, 0.5) is 0 Å². The molecule has 1 rings (SSSR count). The summed E-state index contributed by atoms with van der Waals surface area (Å²) in [4.78, 5) is 22.2. The molecule has 2 unspecified atom stereocenters. The molecule has 0 bridgehead atoms. The van der Waals surface area contributed by atoms with E-state index in [1.807, 2.05) is 30.3 Å². The molecular weight excluding hydrogens is 340 g/mol. The van der Waals surface area contributed by atoms with E-state index in [1.54, 1.807) is 7.05 Å². The van der Waals surface area contributed by atoms with Gasteiger partial charge in [-0.1, -0.05) is 30.3 Å². The number of hydrazone groups is 1. The number of likely N-dealkylation sites (N-methyl/N-ethyl adjacent to an activating group) is 1. The Balaban J connectivity index is 2.31. The lowest BCUT2D eigenvalue weighted by molar-refractivity contribution is -0.485. The molecule has 10 nitrogen and oxygen atoms in total. The summed E-state index contributed by atoms with van der Waals surface area (Å²) in [6.07, 6.45) is 0.499. The monoisotopic (exact) mass is 366 g/mol. The van der Waals surface area contributed by atoms with Crippen LogP contribution in [0, 0.1) is 10.1 Å². The summed E-state index contributed by atoms with van der Waals surface area (Å²) in [5.41, 5.74) is 6.41. The molecule has 1 aromatic rings. The van der Waals surface area contributed by atoms with Crippen molar-refractivity contribution in [3.63, 3.8) is 0 Å². The van der Waals surface area contributed by atoms with Gasteiger partial charge < -0.3 is 26.8 Å². The normalized spacial score (nSPS) is 13.7. The van der Waals surface area contributed by atoms with Crippen molar-refractivity contribution in [2.75, 3.05) is 20.1 Å². The highest BCUT2D eigenvalue weighted by atomic mass is 16.7. The Morgan fingerprint density at radius 3 is 2.62 bits per heavy atom. The van der Waals surface area contributed by atoms with E-state index in [9.17, 15) is 20.0 Å². The first kappa shape index (κ1) is 21.3. The molecule has 0 saturated carbocycles. The Hall–Kier alpha value is -2.72. The average molecular weight is 366 g/mol. The van der Waals surface area contributed by atoms with Gasteiger partial charge in [-0.3, -0.25) is 4.79 Å². The van der Waals surface area contributed by atoms with Gasteiger partial charge in [-0.2, -0.15) is 0 Å². The van der Waals surface area contributed by atoms with Gasteiger partial charge in [-0.05, 0) is 31.9 Å². The molecule has 0 aliphatic heterocycles. The SMILES string of the molecule is CNC(CCCN/C(N)=N\[N+](=O)[O-])C(O)C(=O)NCCc1ccccc1. The Bertz CT molecular complexity index is 596. The zero-order valence-corrected chi connectivity index (χ0v) is 14.7. The second-order valence-corrected chi connectivity index (χ2v) is 5.66. The Morgan fingerprint density at radius 2 is 2.00 bits per heavy atom. The topological polar surface area (TPSA) is 155 Å². The van der Waals surface area contributed by atoms with Gasteiger partial charge in [0.05, 0.1) is 0 Å². The third kappa shape index (κ3) is 8.40. The van der Waals surface area contributed by atoms with E-state index in [0.29, 0.717) is 32.4 Å². The van der Waals surface area contributed by atoms with Crippen LogP contribution in [0.25, 0.3) is 0 Å². The molecule has 0 heterocycles. The van der Waals surface area contributed by atoms with Crippen molar-refractivity contribution in [1.29, 1.82) is 0 Å². The van der Waals surface area contributed by atoms with Crippen molar-refractivity contribution in [3.8, 4) is 0 Å². The molecule has 0 spiro atoms. The number of hydrogen-bond donors (Lipinski definition) is 5. The molecule has 10 heteroatoms. The highest BCUT2D eigenvalue weighted by Crippen LogP contribution is 2.03. The molecule has 6 N–H and O–H groups in total. The van der Waals surface area contributed by atoms with Crippen LogP contribution in [0.1, 0.15) is 18.4 Å². The number of nitrogens with zero attached hydrogens (tertiary/aromatic N) is 2. The summed E-state index contributed by atoms with van der Waals surface area (Å²) in [6.45, 7) is 0.773. The molecule has 1 amide bonds. The van der Waals surface area contributed by atoms with Crippen molar-refractivity contribution in [1.82, 2.24) is 16.0 Å². The molecular formula is C16H26N6O4. The Kier molecular flexibility index (Phi) is 9.65. The maximum Gasteiger partial charge on any atom is 0.266 e. The van der Waals surface area contributed by atoms with E-state index in [4.69, 9.17) is 5.73 Å². The predicted octanol–water partition coefficient (Wildman–Crippen LogP) is -0.830. The zero-order valence-electron chi connectivity index (χ0n) is 14.7. The number of carbonyl (C=O) groups is 1. The second-order valence-electron chi connectivity index (χ2n) is 5.66. The van der Waals surface area contributed by atoms with Gasteiger partial charge in [-0.15, -0.1) is 0 Å². The number of aliphatic hydroxyl groups is 1. The van der Waals surface area contributed by atoms with Crippen molar-refractivity contribution in [2.24, 2.45) is 10.8 Å². The minimum atomic E-state index is -1.19. The zero-order chi connectivity index (χ0) is 19.4. The average Bonchev–Trinajstić information content (AvgIpc) is 2.61. The van der Waals surface area contributed by atoms with Crippen molar-refractivity contribution in [2.45, 2.75) is 31.4 Å². The van der Waals surface area contributed by atoms with Crippen LogP contribution < -0.4 is 21.7 Å². The number of nitrogens with one attached hydrogen (secondary N) is 3. The minimum absolute atomic E-state index is 0.282. The molecule has 0 fully saturated rings. The van der Waals surface area contributed by atoms with Gasteiger partial charge in [0.2, 0.25) is 5.91 Å². The Morgan fingerprint density at radius 1 is 1.31 bits per heavy atom. The summed E-state index contributed by atoms with van der Waals surface area (Å²) in [6, 6.07) is 9.29. The number of hydrogen-bond acceptors (Lipinski definition) is 5. The van der Waals surface area contributed by atoms with Crippen LogP contribution in [-0.2, 0) is 11.2 Å². The fourth-order valence-electron chi connectivity index (χ4n) is 2.38. The lowest BCUT2D eigenvalue weighted by atomic mass is 10.0. The number of aliphatic hydroxyl groups excluding tert-OH is 1. The van der Waals surface area contributed by atoms with Crippen LogP contribution in [0.5, 0.6) is 0 Å². The van der Waals surface area contributed by atoms with Crippen LogP contribution in [-0.4, -0.2) is 54.3 Å². The molecule has 0 aliphatic carbocycles. The van der Waals surface area contributed by atoms with Gasteiger partial charge >= 0.3 is 0 Å². The van der Waals surface area contributed by atoms with Crippen molar-refractivity contribution in [3.05, 3.63) is 46.0 Å². The number of benzene rings is 1. The van der Waals surface area contributed by atoms with Crippen molar-refractivity contribution < 1.29 is 14.9 Å². The molecule has 144 valence electrons. The fraction of sp³-hybridized carbons (Fsp3) is 0.500. The number of nitrogens with two attached hydrogens (primary N) is 1. The van der Waals surface area contributed by atoms with Gasteiger partial charge in [0, 0.05) is 19.1 Å². The van der Waals surface area contributed by atoms with Gasteiger partial charge in [0.25, 0.3) is 5.96 Å². The first-order valence-corrected chi connectivity index (χ1v) is 8.33. The summed E-state index contributed by atoms with van der Waals surface area (Å²) in [5, 5.41) is 30.6. The van der Waals surface area contributed by atoms with Crippen LogP contribution in [0.3, 0.4) is 0 Å². The number of rotatable bonds is 11. The highest BCUT2D eigenvalue weighted by Gasteiger charge is 2.24. The van der Waals surface area contributed by atoms with Crippen LogP contribution >= 0.6 is 0 Å². The molecule has 26 heavy (non-hydrogen) atoms. The standard InChI is InChI=1S/C16H26N6O4/c1-18-13(8-5-10-20-16(17)21-22(25)26)14(23)15(24)19-11-9-12-6-3-2-4-7-12/h2-4,6-7,13-14,18,23H,5,8-11H2,1H3,(H,19,24)(H3,17,20,21). The van der Waals surface area contributed by atoms with E-state index in [1.165, 1.54) is 0 Å². The second kappa shape index (κ2) is 11.8. The van der Waals surface area contributed by atoms with Gasteiger partial charge in [0.1, 0.15) is 11.2 Å². The number of guanidine groups is 1. The lowest BCUT2D eigenvalue weighted by Crippen LogP contribution is -2.48. The van der Waals surface area contributed by atoms with E-state index in [0.717, 1.165) is 5.56 Å². The quantitative estimate of drug-likeness (QED) is 0.113. The lowest BCUT2D eigenvalue weighted by Gasteiger charge is -2.22.